The summed E-state index contributed by atoms with van der Waals surface area (Å²) in [5.74, 6) is 1.44. The smallest absolute Gasteiger partial charge is 0.125 e. The molecule has 2 N–H and O–H groups in total. The standard InChI is InChI=1S/C13H19NO2/c1-9(2)6-16-13-5-3-4-10-11(13)7-15-8-12(10)14/h3-5,9,12H,6-8,14H2,1-2H3/t12-/m1/s1. The molecule has 3 heteroatoms. The first kappa shape index (κ1) is 11.4. The fourth-order valence-electron chi connectivity index (χ4n) is 1.85. The van der Waals surface area contributed by atoms with Crippen LogP contribution >= 0.6 is 0 Å². The van der Waals surface area contributed by atoms with Crippen molar-refractivity contribution >= 4 is 0 Å². The third-order valence-electron chi connectivity index (χ3n) is 2.68. The molecule has 0 aromatic heterocycles. The minimum Gasteiger partial charge on any atom is -0.493 e. The molecule has 0 bridgehead atoms. The van der Waals surface area contributed by atoms with Crippen LogP contribution < -0.4 is 10.5 Å². The SMILES string of the molecule is CC(C)COc1cccc2c1COC[C@H]2N. The van der Waals surface area contributed by atoms with E-state index in [1.807, 2.05) is 12.1 Å². The molecular formula is C13H19NO2. The lowest BCUT2D eigenvalue weighted by Crippen LogP contribution is -2.24. The molecule has 1 aliphatic rings. The van der Waals surface area contributed by atoms with Crippen molar-refractivity contribution < 1.29 is 9.47 Å². The fourth-order valence-corrected chi connectivity index (χ4v) is 1.85. The molecule has 3 nitrogen and oxygen atoms in total. The molecule has 0 spiro atoms. The quantitative estimate of drug-likeness (QED) is 0.851. The van der Waals surface area contributed by atoms with Crippen LogP contribution in [0.4, 0.5) is 0 Å². The molecule has 1 aromatic rings. The number of rotatable bonds is 3. The molecule has 1 aromatic carbocycles. The Bertz CT molecular complexity index is 363. The summed E-state index contributed by atoms with van der Waals surface area (Å²) in [6.07, 6.45) is 0. The molecule has 16 heavy (non-hydrogen) atoms. The number of hydrogen-bond donors (Lipinski definition) is 1. The van der Waals surface area contributed by atoms with Crippen LogP contribution in [0.1, 0.15) is 31.0 Å². The lowest BCUT2D eigenvalue weighted by atomic mass is 9.99. The van der Waals surface area contributed by atoms with Crippen LogP contribution in [0.3, 0.4) is 0 Å². The zero-order valence-electron chi connectivity index (χ0n) is 9.90. The molecule has 88 valence electrons. The van der Waals surface area contributed by atoms with Crippen LogP contribution in [0.5, 0.6) is 5.75 Å². The Balaban J connectivity index is 2.22. The molecule has 0 saturated heterocycles. The lowest BCUT2D eigenvalue weighted by molar-refractivity contribution is 0.0891. The summed E-state index contributed by atoms with van der Waals surface area (Å²) >= 11 is 0. The van der Waals surface area contributed by atoms with E-state index < -0.39 is 0 Å². The van der Waals surface area contributed by atoms with Gasteiger partial charge in [-0.25, -0.2) is 0 Å². The Hall–Kier alpha value is -1.06. The van der Waals surface area contributed by atoms with Gasteiger partial charge in [-0.1, -0.05) is 26.0 Å². The largest absolute Gasteiger partial charge is 0.493 e. The number of fused-ring (bicyclic) bond motifs is 1. The maximum Gasteiger partial charge on any atom is 0.125 e. The van der Waals surface area contributed by atoms with E-state index in [-0.39, 0.29) is 6.04 Å². The van der Waals surface area contributed by atoms with Gasteiger partial charge in [0.15, 0.2) is 0 Å². The van der Waals surface area contributed by atoms with Gasteiger partial charge in [-0.3, -0.25) is 0 Å². The van der Waals surface area contributed by atoms with Gasteiger partial charge < -0.3 is 15.2 Å². The fraction of sp³-hybridized carbons (Fsp3) is 0.538. The molecule has 0 radical (unpaired) electrons. The monoisotopic (exact) mass is 221 g/mol. The minimum atomic E-state index is -0.0219. The minimum absolute atomic E-state index is 0.0219. The van der Waals surface area contributed by atoms with Gasteiger partial charge in [0.2, 0.25) is 0 Å². The second kappa shape index (κ2) is 4.85. The Morgan fingerprint density at radius 1 is 1.50 bits per heavy atom. The van der Waals surface area contributed by atoms with Crippen molar-refractivity contribution in [1.82, 2.24) is 0 Å². The van der Waals surface area contributed by atoms with Crippen molar-refractivity contribution in [3.63, 3.8) is 0 Å². The lowest BCUT2D eigenvalue weighted by Gasteiger charge is -2.25. The maximum absolute atomic E-state index is 5.99. The molecule has 0 saturated carbocycles. The second-order valence-electron chi connectivity index (χ2n) is 4.65. The van der Waals surface area contributed by atoms with Crippen LogP contribution in [0.15, 0.2) is 18.2 Å². The van der Waals surface area contributed by atoms with Crippen molar-refractivity contribution in [2.75, 3.05) is 13.2 Å². The number of benzene rings is 1. The van der Waals surface area contributed by atoms with Crippen LogP contribution in [0.25, 0.3) is 0 Å². The van der Waals surface area contributed by atoms with E-state index in [9.17, 15) is 0 Å². The van der Waals surface area contributed by atoms with Gasteiger partial charge in [0.25, 0.3) is 0 Å². The summed E-state index contributed by atoms with van der Waals surface area (Å²) in [5, 5.41) is 0. The first-order chi connectivity index (χ1) is 7.68. The summed E-state index contributed by atoms with van der Waals surface area (Å²) in [6.45, 7) is 6.21. The van der Waals surface area contributed by atoms with E-state index in [1.165, 1.54) is 0 Å². The highest BCUT2D eigenvalue weighted by Gasteiger charge is 2.20. The zero-order valence-corrected chi connectivity index (χ0v) is 9.90. The van der Waals surface area contributed by atoms with Gasteiger partial charge in [-0.15, -0.1) is 0 Å². The molecule has 1 atom stereocenters. The van der Waals surface area contributed by atoms with Crippen molar-refractivity contribution in [3.05, 3.63) is 29.3 Å². The molecule has 1 aliphatic heterocycles. The van der Waals surface area contributed by atoms with E-state index in [1.54, 1.807) is 0 Å². The van der Waals surface area contributed by atoms with E-state index in [0.29, 0.717) is 19.1 Å². The highest BCUT2D eigenvalue weighted by atomic mass is 16.5. The van der Waals surface area contributed by atoms with Gasteiger partial charge in [-0.2, -0.15) is 0 Å². The van der Waals surface area contributed by atoms with Crippen LogP contribution in [0, 0.1) is 5.92 Å². The maximum atomic E-state index is 5.99. The van der Waals surface area contributed by atoms with Crippen LogP contribution in [0.2, 0.25) is 0 Å². The van der Waals surface area contributed by atoms with Gasteiger partial charge in [0.05, 0.1) is 25.9 Å². The predicted octanol–water partition coefficient (Wildman–Crippen LogP) is 2.25. The van der Waals surface area contributed by atoms with Crippen molar-refractivity contribution in [2.24, 2.45) is 11.7 Å². The second-order valence-corrected chi connectivity index (χ2v) is 4.65. The third-order valence-corrected chi connectivity index (χ3v) is 2.68. The Morgan fingerprint density at radius 2 is 2.31 bits per heavy atom. The van der Waals surface area contributed by atoms with Gasteiger partial charge >= 0.3 is 0 Å². The topological polar surface area (TPSA) is 44.5 Å². The Morgan fingerprint density at radius 3 is 3.06 bits per heavy atom. The summed E-state index contributed by atoms with van der Waals surface area (Å²) < 4.78 is 11.2. The number of ether oxygens (including phenoxy) is 2. The van der Waals surface area contributed by atoms with E-state index >= 15 is 0 Å². The van der Waals surface area contributed by atoms with E-state index in [4.69, 9.17) is 15.2 Å². The molecular weight excluding hydrogens is 202 g/mol. The van der Waals surface area contributed by atoms with Crippen molar-refractivity contribution in [2.45, 2.75) is 26.5 Å². The normalized spacial score (nSPS) is 19.6. The van der Waals surface area contributed by atoms with Gasteiger partial charge in [0.1, 0.15) is 5.75 Å². The highest BCUT2D eigenvalue weighted by Crippen LogP contribution is 2.30. The van der Waals surface area contributed by atoms with Crippen molar-refractivity contribution in [3.8, 4) is 5.75 Å². The Kier molecular flexibility index (Phi) is 3.46. The van der Waals surface area contributed by atoms with E-state index in [0.717, 1.165) is 23.5 Å². The average Bonchev–Trinajstić information content (AvgIpc) is 2.27. The molecule has 2 rings (SSSR count). The van der Waals surface area contributed by atoms with Gasteiger partial charge in [-0.05, 0) is 17.5 Å². The highest BCUT2D eigenvalue weighted by molar-refractivity contribution is 5.42. The zero-order chi connectivity index (χ0) is 11.5. The third kappa shape index (κ3) is 2.36. The summed E-state index contributed by atoms with van der Waals surface area (Å²) in [7, 11) is 0. The first-order valence-corrected chi connectivity index (χ1v) is 5.76. The molecule has 1 heterocycles. The molecule has 0 unspecified atom stereocenters. The van der Waals surface area contributed by atoms with Crippen LogP contribution in [-0.2, 0) is 11.3 Å². The summed E-state index contributed by atoms with van der Waals surface area (Å²) in [6, 6.07) is 6.03. The predicted molar refractivity (Wildman–Crippen MR) is 63.4 cm³/mol. The summed E-state index contributed by atoms with van der Waals surface area (Å²) in [4.78, 5) is 0. The number of nitrogens with two attached hydrogens (primary N) is 1. The first-order valence-electron chi connectivity index (χ1n) is 5.76. The van der Waals surface area contributed by atoms with Crippen molar-refractivity contribution in [1.29, 1.82) is 0 Å². The number of hydrogen-bond acceptors (Lipinski definition) is 3. The van der Waals surface area contributed by atoms with E-state index in [2.05, 4.69) is 19.9 Å². The average molecular weight is 221 g/mol. The van der Waals surface area contributed by atoms with Crippen LogP contribution in [-0.4, -0.2) is 13.2 Å². The summed E-state index contributed by atoms with van der Waals surface area (Å²) in [5.41, 5.74) is 8.26. The molecule has 0 fully saturated rings. The molecule has 0 amide bonds. The van der Waals surface area contributed by atoms with Gasteiger partial charge in [0, 0.05) is 5.56 Å². The Labute approximate surface area is 96.5 Å². The molecule has 0 aliphatic carbocycles.